The lowest BCUT2D eigenvalue weighted by Gasteiger charge is -2.06. The fourth-order valence-corrected chi connectivity index (χ4v) is 1.94. The Hall–Kier alpha value is -1.38. The van der Waals surface area contributed by atoms with E-state index in [-0.39, 0.29) is 5.13 Å². The molecule has 0 aromatic carbocycles. The first-order valence-corrected chi connectivity index (χ1v) is 5.91. The molecule has 0 saturated carbocycles. The summed E-state index contributed by atoms with van der Waals surface area (Å²) < 4.78 is 39.3. The molecule has 1 rings (SSSR count). The van der Waals surface area contributed by atoms with Crippen LogP contribution in [0.2, 0.25) is 0 Å². The SMILES string of the molecule is CC(C)Cc1nnc(NC(=O)OCC(F)(F)F)s1. The third-order valence-corrected chi connectivity index (χ3v) is 2.49. The van der Waals surface area contributed by atoms with Crippen LogP contribution in [0.4, 0.5) is 23.1 Å². The van der Waals surface area contributed by atoms with Gasteiger partial charge in [-0.1, -0.05) is 25.2 Å². The Kier molecular flexibility index (Phi) is 4.88. The number of ether oxygens (including phenoxy) is 1. The molecule has 0 spiro atoms. The van der Waals surface area contributed by atoms with Crippen LogP contribution in [0.15, 0.2) is 0 Å². The minimum Gasteiger partial charge on any atom is -0.440 e. The van der Waals surface area contributed by atoms with Gasteiger partial charge < -0.3 is 4.74 Å². The summed E-state index contributed by atoms with van der Waals surface area (Å²) in [5.41, 5.74) is 0. The van der Waals surface area contributed by atoms with Gasteiger partial charge in [-0.25, -0.2) is 4.79 Å². The van der Waals surface area contributed by atoms with Crippen molar-refractivity contribution in [1.82, 2.24) is 10.2 Å². The average Bonchev–Trinajstić information content (AvgIpc) is 2.60. The van der Waals surface area contributed by atoms with E-state index < -0.39 is 18.9 Å². The summed E-state index contributed by atoms with van der Waals surface area (Å²) in [6, 6.07) is 0. The van der Waals surface area contributed by atoms with E-state index in [0.717, 1.165) is 11.3 Å². The number of anilines is 1. The van der Waals surface area contributed by atoms with Crippen LogP contribution in [0, 0.1) is 5.92 Å². The molecule has 5 nitrogen and oxygen atoms in total. The van der Waals surface area contributed by atoms with Crippen LogP contribution in [0.1, 0.15) is 18.9 Å². The smallest absolute Gasteiger partial charge is 0.422 e. The molecule has 0 unspecified atom stereocenters. The van der Waals surface area contributed by atoms with E-state index in [4.69, 9.17) is 0 Å². The number of hydrogen-bond acceptors (Lipinski definition) is 5. The number of amides is 1. The Balaban J connectivity index is 2.42. The fraction of sp³-hybridized carbons (Fsp3) is 0.667. The maximum absolute atomic E-state index is 11.8. The molecule has 1 heterocycles. The number of nitrogens with one attached hydrogen (secondary N) is 1. The lowest BCUT2D eigenvalue weighted by molar-refractivity contribution is -0.159. The van der Waals surface area contributed by atoms with Crippen molar-refractivity contribution in [2.24, 2.45) is 5.92 Å². The van der Waals surface area contributed by atoms with E-state index in [1.54, 1.807) is 0 Å². The number of carbonyl (C=O) groups is 1. The van der Waals surface area contributed by atoms with Crippen LogP contribution in [-0.4, -0.2) is 29.1 Å². The Morgan fingerprint density at radius 2 is 2.11 bits per heavy atom. The van der Waals surface area contributed by atoms with E-state index in [2.05, 4.69) is 20.3 Å². The lowest BCUT2D eigenvalue weighted by atomic mass is 10.1. The van der Waals surface area contributed by atoms with Gasteiger partial charge in [0.05, 0.1) is 0 Å². The minimum atomic E-state index is -4.54. The molecule has 0 saturated heterocycles. The lowest BCUT2D eigenvalue weighted by Crippen LogP contribution is -2.23. The van der Waals surface area contributed by atoms with E-state index in [0.29, 0.717) is 17.3 Å². The molecule has 0 radical (unpaired) electrons. The Labute approximate surface area is 105 Å². The molecule has 0 fully saturated rings. The van der Waals surface area contributed by atoms with Crippen molar-refractivity contribution in [2.75, 3.05) is 11.9 Å². The number of aromatic nitrogens is 2. The van der Waals surface area contributed by atoms with Crippen LogP contribution in [0.5, 0.6) is 0 Å². The van der Waals surface area contributed by atoms with E-state index in [1.807, 2.05) is 13.8 Å². The van der Waals surface area contributed by atoms with Crippen LogP contribution in [0.3, 0.4) is 0 Å². The van der Waals surface area contributed by atoms with E-state index in [9.17, 15) is 18.0 Å². The summed E-state index contributed by atoms with van der Waals surface area (Å²) in [6.45, 7) is 2.36. The predicted molar refractivity (Wildman–Crippen MR) is 59.5 cm³/mol. The van der Waals surface area contributed by atoms with Gasteiger partial charge in [0.15, 0.2) is 6.61 Å². The molecule has 1 aromatic rings. The molecule has 0 aliphatic carbocycles. The molecule has 1 aromatic heterocycles. The first-order chi connectivity index (χ1) is 8.26. The molecule has 1 N–H and O–H groups in total. The quantitative estimate of drug-likeness (QED) is 0.922. The second-order valence-corrected chi connectivity index (χ2v) is 4.98. The molecule has 102 valence electrons. The largest absolute Gasteiger partial charge is 0.440 e. The summed E-state index contributed by atoms with van der Waals surface area (Å²) in [7, 11) is 0. The van der Waals surface area contributed by atoms with E-state index in [1.165, 1.54) is 0 Å². The molecular formula is C9H12F3N3O2S. The molecule has 0 bridgehead atoms. The van der Waals surface area contributed by atoms with Crippen molar-refractivity contribution >= 4 is 22.6 Å². The topological polar surface area (TPSA) is 64.1 Å². The number of carbonyl (C=O) groups excluding carboxylic acids is 1. The molecule has 9 heteroatoms. The summed E-state index contributed by atoms with van der Waals surface area (Å²) >= 11 is 1.11. The van der Waals surface area contributed by atoms with Gasteiger partial charge in [0.2, 0.25) is 5.13 Å². The van der Waals surface area contributed by atoms with E-state index >= 15 is 0 Å². The third kappa shape index (κ3) is 5.80. The minimum absolute atomic E-state index is 0.123. The van der Waals surface area contributed by atoms with Crippen molar-refractivity contribution in [3.63, 3.8) is 0 Å². The van der Waals surface area contributed by atoms with Gasteiger partial charge in [-0.05, 0) is 5.92 Å². The highest BCUT2D eigenvalue weighted by atomic mass is 32.1. The zero-order valence-corrected chi connectivity index (χ0v) is 10.6. The van der Waals surface area contributed by atoms with Crippen molar-refractivity contribution in [2.45, 2.75) is 26.4 Å². The highest BCUT2D eigenvalue weighted by Crippen LogP contribution is 2.19. The van der Waals surface area contributed by atoms with Crippen molar-refractivity contribution in [3.8, 4) is 0 Å². The number of nitrogens with zero attached hydrogens (tertiary/aromatic N) is 2. The Morgan fingerprint density at radius 1 is 1.44 bits per heavy atom. The number of rotatable bonds is 4. The number of alkyl halides is 3. The average molecular weight is 283 g/mol. The van der Waals surface area contributed by atoms with Gasteiger partial charge in [-0.2, -0.15) is 13.2 Å². The second-order valence-electron chi connectivity index (χ2n) is 3.92. The second kappa shape index (κ2) is 5.98. The molecule has 18 heavy (non-hydrogen) atoms. The van der Waals surface area contributed by atoms with Crippen molar-refractivity contribution in [3.05, 3.63) is 5.01 Å². The number of hydrogen-bond donors (Lipinski definition) is 1. The molecule has 0 aliphatic rings. The monoisotopic (exact) mass is 283 g/mol. The Bertz CT molecular complexity index is 406. The summed E-state index contributed by atoms with van der Waals surface area (Å²) in [4.78, 5) is 11.0. The molecule has 1 amide bonds. The zero-order valence-electron chi connectivity index (χ0n) is 9.74. The Morgan fingerprint density at radius 3 is 2.67 bits per heavy atom. The van der Waals surface area contributed by atoms with Gasteiger partial charge in [0, 0.05) is 6.42 Å². The third-order valence-electron chi connectivity index (χ3n) is 1.63. The zero-order chi connectivity index (χ0) is 13.8. The van der Waals surface area contributed by atoms with Crippen molar-refractivity contribution < 1.29 is 22.7 Å². The van der Waals surface area contributed by atoms with Gasteiger partial charge in [-0.15, -0.1) is 10.2 Å². The summed E-state index contributed by atoms with van der Waals surface area (Å²) in [6.07, 6.45) is -5.04. The highest BCUT2D eigenvalue weighted by Gasteiger charge is 2.29. The van der Waals surface area contributed by atoms with Gasteiger partial charge in [0.25, 0.3) is 0 Å². The number of halogens is 3. The van der Waals surface area contributed by atoms with Gasteiger partial charge in [0.1, 0.15) is 5.01 Å². The first-order valence-electron chi connectivity index (χ1n) is 5.09. The summed E-state index contributed by atoms with van der Waals surface area (Å²) in [5, 5.41) is 10.3. The molecule has 0 aliphatic heterocycles. The van der Waals surface area contributed by atoms with Crippen LogP contribution < -0.4 is 5.32 Å². The van der Waals surface area contributed by atoms with Crippen molar-refractivity contribution in [1.29, 1.82) is 0 Å². The highest BCUT2D eigenvalue weighted by molar-refractivity contribution is 7.15. The van der Waals surface area contributed by atoms with Gasteiger partial charge in [-0.3, -0.25) is 5.32 Å². The standard InChI is InChI=1S/C9H12F3N3O2S/c1-5(2)3-6-14-15-7(18-6)13-8(16)17-4-9(10,11)12/h5H,3-4H2,1-2H3,(H,13,15,16). The van der Waals surface area contributed by atoms with Gasteiger partial charge >= 0.3 is 12.3 Å². The molecule has 0 atom stereocenters. The fourth-order valence-electron chi connectivity index (χ4n) is 1.01. The first kappa shape index (κ1) is 14.7. The maximum atomic E-state index is 11.8. The summed E-state index contributed by atoms with van der Waals surface area (Å²) in [5.74, 6) is 0.378. The maximum Gasteiger partial charge on any atom is 0.422 e. The molecular weight excluding hydrogens is 271 g/mol. The van der Waals surface area contributed by atoms with Crippen LogP contribution in [0.25, 0.3) is 0 Å². The normalized spacial score (nSPS) is 11.7. The predicted octanol–water partition coefficient (Wildman–Crippen LogP) is 2.85. The van der Waals surface area contributed by atoms with Crippen LogP contribution >= 0.6 is 11.3 Å². The van der Waals surface area contributed by atoms with Crippen LogP contribution in [-0.2, 0) is 11.2 Å².